The Balaban J connectivity index is 1.37. The fraction of sp³-hybridized carbons (Fsp3) is 0.294. The third kappa shape index (κ3) is 3.53. The number of hydrogen-bond acceptors (Lipinski definition) is 6. The summed E-state index contributed by atoms with van der Waals surface area (Å²) in [5, 5.41) is 11.1. The van der Waals surface area contributed by atoms with Gasteiger partial charge < -0.3 is 9.80 Å². The minimum atomic E-state index is -0.0573. The van der Waals surface area contributed by atoms with Crippen molar-refractivity contribution in [1.82, 2.24) is 24.9 Å². The first-order valence-corrected chi connectivity index (χ1v) is 9.05. The summed E-state index contributed by atoms with van der Waals surface area (Å²) in [5.74, 6) is -0.0573. The Morgan fingerprint density at radius 3 is 2.64 bits per heavy atom. The standard InChI is InChI=1S/C17H18N6OS/c24-16(21-7-9-22(10-8-21)17-18-6-11-25-17)15-13-23(20-19-15)12-14-4-2-1-3-5-14/h1-6,11,13H,7-10,12H2. The van der Waals surface area contributed by atoms with Crippen molar-refractivity contribution in [2.45, 2.75) is 6.54 Å². The number of rotatable bonds is 4. The number of benzene rings is 1. The molecular formula is C17H18N6OS. The van der Waals surface area contributed by atoms with Gasteiger partial charge >= 0.3 is 0 Å². The van der Waals surface area contributed by atoms with Crippen LogP contribution in [0, 0.1) is 0 Å². The van der Waals surface area contributed by atoms with Gasteiger partial charge in [0.15, 0.2) is 10.8 Å². The lowest BCUT2D eigenvalue weighted by Crippen LogP contribution is -2.48. The van der Waals surface area contributed by atoms with Crippen LogP contribution in [0.2, 0.25) is 0 Å². The number of piperazine rings is 1. The average molecular weight is 354 g/mol. The number of nitrogens with zero attached hydrogens (tertiary/aromatic N) is 6. The maximum atomic E-state index is 12.6. The molecule has 0 atom stereocenters. The number of carbonyl (C=O) groups is 1. The van der Waals surface area contributed by atoms with Gasteiger partial charge in [0.05, 0.1) is 12.7 Å². The van der Waals surface area contributed by atoms with Crippen molar-refractivity contribution in [2.75, 3.05) is 31.1 Å². The summed E-state index contributed by atoms with van der Waals surface area (Å²) in [6.45, 7) is 3.53. The molecular weight excluding hydrogens is 336 g/mol. The molecule has 3 heterocycles. The van der Waals surface area contributed by atoms with Crippen LogP contribution in [0.15, 0.2) is 48.1 Å². The van der Waals surface area contributed by atoms with Crippen LogP contribution in [0.3, 0.4) is 0 Å². The Kier molecular flexibility index (Phi) is 4.43. The number of carbonyl (C=O) groups excluding carboxylic acids is 1. The van der Waals surface area contributed by atoms with Gasteiger partial charge in [0.1, 0.15) is 0 Å². The number of hydrogen-bond donors (Lipinski definition) is 0. The molecule has 1 aliphatic rings. The highest BCUT2D eigenvalue weighted by molar-refractivity contribution is 7.13. The van der Waals surface area contributed by atoms with Gasteiger partial charge in [0.2, 0.25) is 0 Å². The van der Waals surface area contributed by atoms with Gasteiger partial charge in [0.25, 0.3) is 5.91 Å². The smallest absolute Gasteiger partial charge is 0.276 e. The molecule has 3 aromatic rings. The van der Waals surface area contributed by atoms with Crippen molar-refractivity contribution in [1.29, 1.82) is 0 Å². The van der Waals surface area contributed by atoms with Crippen molar-refractivity contribution in [3.8, 4) is 0 Å². The van der Waals surface area contributed by atoms with Gasteiger partial charge in [-0.15, -0.1) is 16.4 Å². The second-order valence-electron chi connectivity index (χ2n) is 5.88. The molecule has 128 valence electrons. The molecule has 25 heavy (non-hydrogen) atoms. The lowest BCUT2D eigenvalue weighted by Gasteiger charge is -2.34. The van der Waals surface area contributed by atoms with Crippen LogP contribution < -0.4 is 4.90 Å². The molecule has 0 bridgehead atoms. The van der Waals surface area contributed by atoms with E-state index in [1.807, 2.05) is 46.8 Å². The topological polar surface area (TPSA) is 67.2 Å². The van der Waals surface area contributed by atoms with Crippen molar-refractivity contribution in [3.05, 3.63) is 59.4 Å². The molecule has 1 saturated heterocycles. The van der Waals surface area contributed by atoms with Crippen LogP contribution in [0.4, 0.5) is 5.13 Å². The zero-order valence-corrected chi connectivity index (χ0v) is 14.5. The Hall–Kier alpha value is -2.74. The molecule has 2 aromatic heterocycles. The summed E-state index contributed by atoms with van der Waals surface area (Å²) in [5.41, 5.74) is 1.53. The highest BCUT2D eigenvalue weighted by Crippen LogP contribution is 2.19. The Morgan fingerprint density at radius 2 is 1.92 bits per heavy atom. The van der Waals surface area contributed by atoms with Crippen molar-refractivity contribution < 1.29 is 4.79 Å². The van der Waals surface area contributed by atoms with Crippen LogP contribution in [-0.2, 0) is 6.54 Å². The zero-order chi connectivity index (χ0) is 17.1. The van der Waals surface area contributed by atoms with Crippen molar-refractivity contribution >= 4 is 22.4 Å². The summed E-state index contributed by atoms with van der Waals surface area (Å²) in [4.78, 5) is 21.0. The van der Waals surface area contributed by atoms with E-state index in [9.17, 15) is 4.79 Å². The number of amides is 1. The van der Waals surface area contributed by atoms with Crippen LogP contribution in [0.5, 0.6) is 0 Å². The lowest BCUT2D eigenvalue weighted by molar-refractivity contribution is 0.0740. The molecule has 1 aromatic carbocycles. The molecule has 0 spiro atoms. The Morgan fingerprint density at radius 1 is 1.12 bits per heavy atom. The molecule has 8 heteroatoms. The van der Waals surface area contributed by atoms with E-state index in [0.29, 0.717) is 25.3 Å². The summed E-state index contributed by atoms with van der Waals surface area (Å²) in [6.07, 6.45) is 3.53. The van der Waals surface area contributed by atoms with Crippen molar-refractivity contribution in [3.63, 3.8) is 0 Å². The van der Waals surface area contributed by atoms with E-state index >= 15 is 0 Å². The predicted octanol–water partition coefficient (Wildman–Crippen LogP) is 1.75. The molecule has 1 amide bonds. The first-order chi connectivity index (χ1) is 12.3. The molecule has 4 rings (SSSR count). The summed E-state index contributed by atoms with van der Waals surface area (Å²) in [6, 6.07) is 10.0. The van der Waals surface area contributed by atoms with Crippen LogP contribution in [0.1, 0.15) is 16.1 Å². The second-order valence-corrected chi connectivity index (χ2v) is 6.75. The van der Waals surface area contributed by atoms with E-state index in [4.69, 9.17) is 0 Å². The fourth-order valence-corrected chi connectivity index (χ4v) is 3.58. The van der Waals surface area contributed by atoms with Crippen LogP contribution >= 0.6 is 11.3 Å². The first kappa shape index (κ1) is 15.8. The lowest BCUT2D eigenvalue weighted by atomic mass is 10.2. The van der Waals surface area contributed by atoms with E-state index in [1.165, 1.54) is 0 Å². The third-order valence-electron chi connectivity index (χ3n) is 4.20. The molecule has 0 N–H and O–H groups in total. The largest absolute Gasteiger partial charge is 0.345 e. The van der Waals surface area contributed by atoms with Gasteiger partial charge in [-0.2, -0.15) is 0 Å². The summed E-state index contributed by atoms with van der Waals surface area (Å²) in [7, 11) is 0. The maximum Gasteiger partial charge on any atom is 0.276 e. The second kappa shape index (κ2) is 7.02. The van der Waals surface area contributed by atoms with Gasteiger partial charge in [-0.3, -0.25) is 4.79 Å². The molecule has 1 fully saturated rings. The van der Waals surface area contributed by atoms with Crippen LogP contribution in [0.25, 0.3) is 0 Å². The molecule has 7 nitrogen and oxygen atoms in total. The van der Waals surface area contributed by atoms with Gasteiger partial charge in [-0.25, -0.2) is 9.67 Å². The van der Waals surface area contributed by atoms with Crippen LogP contribution in [-0.4, -0.2) is 57.0 Å². The molecule has 0 aliphatic carbocycles. The number of aromatic nitrogens is 4. The monoisotopic (exact) mass is 354 g/mol. The van der Waals surface area contributed by atoms with E-state index in [2.05, 4.69) is 20.2 Å². The highest BCUT2D eigenvalue weighted by Gasteiger charge is 2.25. The normalized spacial score (nSPS) is 14.7. The summed E-state index contributed by atoms with van der Waals surface area (Å²) < 4.78 is 1.70. The minimum absolute atomic E-state index is 0.0573. The zero-order valence-electron chi connectivity index (χ0n) is 13.7. The highest BCUT2D eigenvalue weighted by atomic mass is 32.1. The quantitative estimate of drug-likeness (QED) is 0.714. The van der Waals surface area contributed by atoms with Gasteiger partial charge in [-0.1, -0.05) is 35.5 Å². The predicted molar refractivity (Wildman–Crippen MR) is 95.8 cm³/mol. The van der Waals surface area contributed by atoms with Gasteiger partial charge in [0, 0.05) is 37.8 Å². The number of thiazole rings is 1. The van der Waals surface area contributed by atoms with E-state index in [0.717, 1.165) is 23.8 Å². The minimum Gasteiger partial charge on any atom is -0.345 e. The Labute approximate surface area is 149 Å². The molecule has 1 aliphatic heterocycles. The third-order valence-corrected chi connectivity index (χ3v) is 5.03. The number of anilines is 1. The average Bonchev–Trinajstić information content (AvgIpc) is 3.34. The van der Waals surface area contributed by atoms with E-state index < -0.39 is 0 Å². The van der Waals surface area contributed by atoms with E-state index in [1.54, 1.807) is 22.2 Å². The first-order valence-electron chi connectivity index (χ1n) is 8.17. The maximum absolute atomic E-state index is 12.6. The Bertz CT molecular complexity index is 824. The summed E-state index contributed by atoms with van der Waals surface area (Å²) >= 11 is 1.63. The fourth-order valence-electron chi connectivity index (χ4n) is 2.88. The SMILES string of the molecule is O=C(c1cn(Cc2ccccc2)nn1)N1CCN(c2nccs2)CC1. The van der Waals surface area contributed by atoms with E-state index in [-0.39, 0.29) is 5.91 Å². The molecule has 0 unspecified atom stereocenters. The van der Waals surface area contributed by atoms with Crippen molar-refractivity contribution in [2.24, 2.45) is 0 Å². The molecule has 0 saturated carbocycles. The molecule has 0 radical (unpaired) electrons. The van der Waals surface area contributed by atoms with Gasteiger partial charge in [-0.05, 0) is 5.56 Å².